The molecule has 0 atom stereocenters. The Hall–Kier alpha value is -3.13. The molecule has 1 aliphatic heterocycles. The van der Waals surface area contributed by atoms with Gasteiger partial charge in [-0.25, -0.2) is 4.98 Å². The average Bonchev–Trinajstić information content (AvgIpc) is 3.39. The van der Waals surface area contributed by atoms with Gasteiger partial charge in [0, 0.05) is 29.8 Å². The lowest BCUT2D eigenvalue weighted by Gasteiger charge is -2.26. The summed E-state index contributed by atoms with van der Waals surface area (Å²) in [6, 6.07) is 4.24. The third-order valence-corrected chi connectivity index (χ3v) is 5.51. The molecule has 29 heavy (non-hydrogen) atoms. The molecule has 8 nitrogen and oxygen atoms in total. The van der Waals surface area contributed by atoms with Crippen molar-refractivity contribution in [1.29, 1.82) is 0 Å². The fourth-order valence-electron chi connectivity index (χ4n) is 4.13. The molecule has 0 spiro atoms. The van der Waals surface area contributed by atoms with E-state index in [-0.39, 0.29) is 0 Å². The number of aryl methyl sites for hydroxylation is 4. The molecule has 1 saturated heterocycles. The van der Waals surface area contributed by atoms with Crippen LogP contribution in [0.2, 0.25) is 0 Å². The van der Waals surface area contributed by atoms with E-state index in [0.29, 0.717) is 13.2 Å². The van der Waals surface area contributed by atoms with Crippen molar-refractivity contribution in [2.45, 2.75) is 27.7 Å². The standard InChI is InChI=1S/C21H23N5O3/c1-11-18(13(3)28-24-11)15-9-16(19-12(2)25-29-14(19)4)20-17(10-15)22-21(23-20)26-5-7-27-8-6-26/h9-10H,5-8H2,1-4H3,(H,22,23). The van der Waals surface area contributed by atoms with Gasteiger partial charge in [-0.1, -0.05) is 10.3 Å². The third-order valence-electron chi connectivity index (χ3n) is 5.51. The van der Waals surface area contributed by atoms with E-state index in [1.807, 2.05) is 27.7 Å². The summed E-state index contributed by atoms with van der Waals surface area (Å²) in [7, 11) is 0. The minimum atomic E-state index is 0.706. The molecule has 5 rings (SSSR count). The predicted molar refractivity (Wildman–Crippen MR) is 109 cm³/mol. The number of fused-ring (bicyclic) bond motifs is 1. The van der Waals surface area contributed by atoms with Crippen LogP contribution in [0.4, 0.5) is 5.95 Å². The molecule has 1 fully saturated rings. The zero-order valence-electron chi connectivity index (χ0n) is 17.0. The zero-order chi connectivity index (χ0) is 20.1. The van der Waals surface area contributed by atoms with E-state index in [4.69, 9.17) is 18.8 Å². The molecule has 8 heteroatoms. The van der Waals surface area contributed by atoms with E-state index in [1.54, 1.807) is 0 Å². The highest BCUT2D eigenvalue weighted by Crippen LogP contribution is 2.38. The van der Waals surface area contributed by atoms with Gasteiger partial charge in [0.2, 0.25) is 5.95 Å². The number of H-pyrrole nitrogens is 1. The Morgan fingerprint density at radius 1 is 0.897 bits per heavy atom. The minimum Gasteiger partial charge on any atom is -0.378 e. The molecular weight excluding hydrogens is 370 g/mol. The van der Waals surface area contributed by atoms with Crippen LogP contribution in [0.5, 0.6) is 0 Å². The summed E-state index contributed by atoms with van der Waals surface area (Å²) in [6.07, 6.45) is 0. The summed E-state index contributed by atoms with van der Waals surface area (Å²) < 4.78 is 16.3. The maximum absolute atomic E-state index is 5.48. The van der Waals surface area contributed by atoms with Crippen LogP contribution in [0, 0.1) is 27.7 Å². The Kier molecular flexibility index (Phi) is 4.16. The second kappa shape index (κ2) is 6.73. The van der Waals surface area contributed by atoms with Crippen molar-refractivity contribution >= 4 is 17.0 Å². The smallest absolute Gasteiger partial charge is 0.204 e. The summed E-state index contributed by atoms with van der Waals surface area (Å²) in [5.41, 5.74) is 7.56. The molecule has 0 unspecified atom stereocenters. The van der Waals surface area contributed by atoms with Crippen LogP contribution >= 0.6 is 0 Å². The van der Waals surface area contributed by atoms with Gasteiger partial charge in [0.05, 0.1) is 35.6 Å². The van der Waals surface area contributed by atoms with E-state index >= 15 is 0 Å². The van der Waals surface area contributed by atoms with Crippen molar-refractivity contribution < 1.29 is 13.8 Å². The number of aromatic amines is 1. The lowest BCUT2D eigenvalue weighted by molar-refractivity contribution is 0.122. The summed E-state index contributed by atoms with van der Waals surface area (Å²) in [4.78, 5) is 10.7. The molecule has 3 aromatic heterocycles. The second-order valence-corrected chi connectivity index (χ2v) is 7.48. The number of rotatable bonds is 3. The van der Waals surface area contributed by atoms with Crippen molar-refractivity contribution in [3.05, 3.63) is 35.0 Å². The minimum absolute atomic E-state index is 0.706. The number of hydrogen-bond donors (Lipinski definition) is 1. The molecule has 4 aromatic rings. The fraction of sp³-hybridized carbons (Fsp3) is 0.381. The van der Waals surface area contributed by atoms with Crippen LogP contribution in [-0.4, -0.2) is 46.6 Å². The highest BCUT2D eigenvalue weighted by atomic mass is 16.5. The maximum atomic E-state index is 5.48. The summed E-state index contributed by atoms with van der Waals surface area (Å²) >= 11 is 0. The van der Waals surface area contributed by atoms with Gasteiger partial charge in [-0.3, -0.25) is 0 Å². The molecule has 0 aliphatic carbocycles. The monoisotopic (exact) mass is 393 g/mol. The van der Waals surface area contributed by atoms with Crippen molar-refractivity contribution in [1.82, 2.24) is 20.3 Å². The Labute approximate surface area is 167 Å². The molecular formula is C21H23N5O3. The molecule has 1 aromatic carbocycles. The lowest BCUT2D eigenvalue weighted by Crippen LogP contribution is -2.36. The maximum Gasteiger partial charge on any atom is 0.204 e. The highest BCUT2D eigenvalue weighted by molar-refractivity contribution is 5.98. The molecule has 150 valence electrons. The first-order chi connectivity index (χ1) is 14.0. The van der Waals surface area contributed by atoms with Gasteiger partial charge < -0.3 is 23.7 Å². The van der Waals surface area contributed by atoms with Crippen LogP contribution in [0.1, 0.15) is 22.9 Å². The van der Waals surface area contributed by atoms with Crippen LogP contribution < -0.4 is 4.90 Å². The van der Waals surface area contributed by atoms with E-state index in [9.17, 15) is 0 Å². The fourth-order valence-corrected chi connectivity index (χ4v) is 4.13. The third kappa shape index (κ3) is 2.91. The van der Waals surface area contributed by atoms with E-state index in [2.05, 4.69) is 32.3 Å². The molecule has 0 saturated carbocycles. The van der Waals surface area contributed by atoms with Gasteiger partial charge in [-0.2, -0.15) is 0 Å². The van der Waals surface area contributed by atoms with Crippen LogP contribution in [0.15, 0.2) is 21.2 Å². The normalized spacial score (nSPS) is 14.8. The second-order valence-electron chi connectivity index (χ2n) is 7.48. The number of anilines is 1. The number of nitrogens with zero attached hydrogens (tertiary/aromatic N) is 4. The number of ether oxygens (including phenoxy) is 1. The number of benzene rings is 1. The number of morpholine rings is 1. The van der Waals surface area contributed by atoms with Gasteiger partial charge in [0.25, 0.3) is 0 Å². The predicted octanol–water partition coefficient (Wildman–Crippen LogP) is 3.94. The Balaban J connectivity index is 1.76. The van der Waals surface area contributed by atoms with Gasteiger partial charge in [0.15, 0.2) is 0 Å². The van der Waals surface area contributed by atoms with Gasteiger partial charge in [0.1, 0.15) is 11.5 Å². The molecule has 0 radical (unpaired) electrons. The Morgan fingerprint density at radius 2 is 1.55 bits per heavy atom. The SMILES string of the molecule is Cc1noc(C)c1-c1cc(-c2c(C)noc2C)c2nc(N3CCOCC3)[nH]c2c1. The van der Waals surface area contributed by atoms with E-state index in [1.165, 1.54) is 0 Å². The first-order valence-corrected chi connectivity index (χ1v) is 9.76. The highest BCUT2D eigenvalue weighted by Gasteiger charge is 2.22. The molecule has 1 aliphatic rings. The first-order valence-electron chi connectivity index (χ1n) is 9.76. The number of hydrogen-bond acceptors (Lipinski definition) is 7. The Bertz CT molecular complexity index is 1160. The largest absolute Gasteiger partial charge is 0.378 e. The average molecular weight is 393 g/mol. The van der Waals surface area contributed by atoms with Gasteiger partial charge in [-0.15, -0.1) is 0 Å². The topological polar surface area (TPSA) is 93.2 Å². The number of aromatic nitrogens is 4. The Morgan fingerprint density at radius 3 is 2.17 bits per heavy atom. The number of nitrogens with one attached hydrogen (secondary N) is 1. The first kappa shape index (κ1) is 17.9. The van der Waals surface area contributed by atoms with E-state index < -0.39 is 0 Å². The van der Waals surface area contributed by atoms with Gasteiger partial charge >= 0.3 is 0 Å². The van der Waals surface area contributed by atoms with Crippen LogP contribution in [-0.2, 0) is 4.74 Å². The lowest BCUT2D eigenvalue weighted by atomic mass is 9.96. The van der Waals surface area contributed by atoms with Crippen LogP contribution in [0.3, 0.4) is 0 Å². The molecule has 0 amide bonds. The van der Waals surface area contributed by atoms with Gasteiger partial charge in [-0.05, 0) is 45.4 Å². The molecule has 0 bridgehead atoms. The zero-order valence-corrected chi connectivity index (χ0v) is 17.0. The quantitative estimate of drug-likeness (QED) is 0.563. The number of imidazole rings is 1. The molecule has 1 N–H and O–H groups in total. The van der Waals surface area contributed by atoms with Crippen LogP contribution in [0.25, 0.3) is 33.3 Å². The van der Waals surface area contributed by atoms with E-state index in [0.717, 1.165) is 75.2 Å². The summed E-state index contributed by atoms with van der Waals surface area (Å²) in [5.74, 6) is 2.42. The summed E-state index contributed by atoms with van der Waals surface area (Å²) in [6.45, 7) is 10.8. The summed E-state index contributed by atoms with van der Waals surface area (Å²) in [5, 5.41) is 8.28. The van der Waals surface area contributed by atoms with Crippen molar-refractivity contribution in [2.75, 3.05) is 31.2 Å². The van der Waals surface area contributed by atoms with Crippen molar-refractivity contribution in [3.8, 4) is 22.3 Å². The van der Waals surface area contributed by atoms with Crippen molar-refractivity contribution in [2.24, 2.45) is 0 Å². The van der Waals surface area contributed by atoms with Crippen molar-refractivity contribution in [3.63, 3.8) is 0 Å². The molecule has 4 heterocycles.